The van der Waals surface area contributed by atoms with Crippen molar-refractivity contribution in [2.45, 2.75) is 45.7 Å². The lowest BCUT2D eigenvalue weighted by Gasteiger charge is -2.23. The molecule has 0 aliphatic rings. The summed E-state index contributed by atoms with van der Waals surface area (Å²) in [5, 5.41) is 20.8. The number of nitriles is 1. The molecule has 2 N–H and O–H groups in total. The van der Waals surface area contributed by atoms with E-state index in [9.17, 15) is 0 Å². The zero-order valence-corrected chi connectivity index (χ0v) is 8.75. The lowest BCUT2D eigenvalue weighted by atomic mass is 10.00. The van der Waals surface area contributed by atoms with E-state index in [2.05, 4.69) is 25.2 Å². The molecule has 0 aliphatic heterocycles. The molecule has 0 spiro atoms. The highest BCUT2D eigenvalue weighted by Crippen LogP contribution is 2.07. The number of aliphatic hydroxyl groups excluding tert-OH is 1. The molecule has 0 heterocycles. The first-order valence-corrected chi connectivity index (χ1v) is 4.92. The van der Waals surface area contributed by atoms with Gasteiger partial charge < -0.3 is 5.11 Å². The average Bonchev–Trinajstić information content (AvgIpc) is 2.11. The molecule has 0 aliphatic carbocycles. The van der Waals surface area contributed by atoms with Crippen LogP contribution in [0.5, 0.6) is 0 Å². The Labute approximate surface area is 80.8 Å². The predicted octanol–water partition coefficient (Wildman–Crippen LogP) is 1.29. The van der Waals surface area contributed by atoms with Crippen molar-refractivity contribution in [2.75, 3.05) is 6.61 Å². The summed E-state index contributed by atoms with van der Waals surface area (Å²) in [6.45, 7) is 6.35. The highest BCUT2D eigenvalue weighted by Gasteiger charge is 2.15. The molecule has 0 aromatic heterocycles. The Morgan fingerprint density at radius 2 is 2.08 bits per heavy atom. The standard InChI is InChI=1S/C10H20N2O/c1-4-9(7-11)12-10(5-6-13)8(2)3/h8-10,12-13H,4-6H2,1-3H3. The van der Waals surface area contributed by atoms with Crippen molar-refractivity contribution in [1.29, 1.82) is 5.26 Å². The van der Waals surface area contributed by atoms with Gasteiger partial charge in [-0.15, -0.1) is 0 Å². The molecule has 0 saturated carbocycles. The van der Waals surface area contributed by atoms with Crippen molar-refractivity contribution in [3.8, 4) is 6.07 Å². The van der Waals surface area contributed by atoms with Gasteiger partial charge in [0.2, 0.25) is 0 Å². The van der Waals surface area contributed by atoms with Crippen molar-refractivity contribution >= 4 is 0 Å². The summed E-state index contributed by atoms with van der Waals surface area (Å²) in [7, 11) is 0. The summed E-state index contributed by atoms with van der Waals surface area (Å²) < 4.78 is 0. The van der Waals surface area contributed by atoms with Gasteiger partial charge in [0, 0.05) is 12.6 Å². The van der Waals surface area contributed by atoms with Gasteiger partial charge in [0.15, 0.2) is 0 Å². The topological polar surface area (TPSA) is 56.0 Å². The summed E-state index contributed by atoms with van der Waals surface area (Å²) in [4.78, 5) is 0. The highest BCUT2D eigenvalue weighted by atomic mass is 16.3. The van der Waals surface area contributed by atoms with Crippen molar-refractivity contribution in [3.63, 3.8) is 0 Å². The molecule has 2 unspecified atom stereocenters. The van der Waals surface area contributed by atoms with E-state index in [0.29, 0.717) is 5.92 Å². The molecular formula is C10H20N2O. The molecule has 76 valence electrons. The molecule has 3 nitrogen and oxygen atoms in total. The maximum atomic E-state index is 8.82. The second-order valence-corrected chi connectivity index (χ2v) is 3.62. The summed E-state index contributed by atoms with van der Waals surface area (Å²) in [5.41, 5.74) is 0. The van der Waals surface area contributed by atoms with E-state index in [-0.39, 0.29) is 18.7 Å². The quantitative estimate of drug-likeness (QED) is 0.654. The highest BCUT2D eigenvalue weighted by molar-refractivity contribution is 4.91. The Hall–Kier alpha value is -0.590. The van der Waals surface area contributed by atoms with E-state index >= 15 is 0 Å². The molecule has 0 fully saturated rings. The molecule has 0 aromatic rings. The zero-order chi connectivity index (χ0) is 10.3. The van der Waals surface area contributed by atoms with Crippen LogP contribution in [0, 0.1) is 17.2 Å². The SMILES string of the molecule is CCC(C#N)NC(CCO)C(C)C. The van der Waals surface area contributed by atoms with Gasteiger partial charge in [-0.1, -0.05) is 20.8 Å². The number of rotatable bonds is 6. The fraction of sp³-hybridized carbons (Fsp3) is 0.900. The Morgan fingerprint density at radius 3 is 2.38 bits per heavy atom. The Kier molecular flexibility index (Phi) is 6.56. The van der Waals surface area contributed by atoms with Gasteiger partial charge in [-0.25, -0.2) is 0 Å². The van der Waals surface area contributed by atoms with E-state index in [1.807, 2.05) is 6.92 Å². The van der Waals surface area contributed by atoms with Crippen LogP contribution in [0.3, 0.4) is 0 Å². The first-order chi connectivity index (χ1) is 6.15. The summed E-state index contributed by atoms with van der Waals surface area (Å²) in [6, 6.07) is 2.36. The monoisotopic (exact) mass is 184 g/mol. The number of hydrogen-bond donors (Lipinski definition) is 2. The van der Waals surface area contributed by atoms with Gasteiger partial charge in [0.25, 0.3) is 0 Å². The smallest absolute Gasteiger partial charge is 0.0952 e. The van der Waals surface area contributed by atoms with Crippen LogP contribution < -0.4 is 5.32 Å². The molecule has 0 radical (unpaired) electrons. The summed E-state index contributed by atoms with van der Waals surface area (Å²) >= 11 is 0. The minimum Gasteiger partial charge on any atom is -0.396 e. The van der Waals surface area contributed by atoms with Crippen molar-refractivity contribution in [3.05, 3.63) is 0 Å². The van der Waals surface area contributed by atoms with Crippen LogP contribution >= 0.6 is 0 Å². The lowest BCUT2D eigenvalue weighted by molar-refractivity contribution is 0.239. The van der Waals surface area contributed by atoms with Crippen molar-refractivity contribution < 1.29 is 5.11 Å². The zero-order valence-electron chi connectivity index (χ0n) is 8.75. The largest absolute Gasteiger partial charge is 0.396 e. The van der Waals surface area contributed by atoms with Gasteiger partial charge in [-0.2, -0.15) is 5.26 Å². The molecule has 0 amide bonds. The van der Waals surface area contributed by atoms with Gasteiger partial charge >= 0.3 is 0 Å². The molecule has 3 heteroatoms. The first-order valence-electron chi connectivity index (χ1n) is 4.92. The average molecular weight is 184 g/mol. The predicted molar refractivity (Wildman–Crippen MR) is 53.2 cm³/mol. The van der Waals surface area contributed by atoms with Crippen LogP contribution in [-0.4, -0.2) is 23.8 Å². The molecule has 2 atom stereocenters. The van der Waals surface area contributed by atoms with Crippen LogP contribution in [0.2, 0.25) is 0 Å². The first kappa shape index (κ1) is 12.4. The second kappa shape index (κ2) is 6.88. The summed E-state index contributed by atoms with van der Waals surface area (Å²) in [6.07, 6.45) is 1.53. The third-order valence-electron chi connectivity index (χ3n) is 2.22. The molecule has 0 rings (SSSR count). The van der Waals surface area contributed by atoms with E-state index in [0.717, 1.165) is 12.8 Å². The fourth-order valence-corrected chi connectivity index (χ4v) is 1.25. The van der Waals surface area contributed by atoms with Crippen molar-refractivity contribution in [1.82, 2.24) is 5.32 Å². The van der Waals surface area contributed by atoms with E-state index in [4.69, 9.17) is 10.4 Å². The molecule has 0 bridgehead atoms. The lowest BCUT2D eigenvalue weighted by Crippen LogP contribution is -2.41. The number of hydrogen-bond acceptors (Lipinski definition) is 3. The normalized spacial score (nSPS) is 15.4. The fourth-order valence-electron chi connectivity index (χ4n) is 1.25. The van der Waals surface area contributed by atoms with Crippen LogP contribution in [0.25, 0.3) is 0 Å². The second-order valence-electron chi connectivity index (χ2n) is 3.62. The number of aliphatic hydroxyl groups is 1. The molecule has 0 aromatic carbocycles. The maximum absolute atomic E-state index is 8.82. The minimum absolute atomic E-state index is 0.0843. The molecule has 13 heavy (non-hydrogen) atoms. The van der Waals surface area contributed by atoms with E-state index in [1.54, 1.807) is 0 Å². The Balaban J connectivity index is 4.01. The van der Waals surface area contributed by atoms with Crippen LogP contribution in [0.1, 0.15) is 33.6 Å². The van der Waals surface area contributed by atoms with E-state index in [1.165, 1.54) is 0 Å². The van der Waals surface area contributed by atoms with Gasteiger partial charge in [0.1, 0.15) is 0 Å². The van der Waals surface area contributed by atoms with E-state index < -0.39 is 0 Å². The van der Waals surface area contributed by atoms with Gasteiger partial charge in [-0.3, -0.25) is 5.32 Å². The van der Waals surface area contributed by atoms with Crippen LogP contribution in [0.4, 0.5) is 0 Å². The van der Waals surface area contributed by atoms with Crippen LogP contribution in [-0.2, 0) is 0 Å². The molecule has 0 saturated heterocycles. The number of nitrogens with one attached hydrogen (secondary N) is 1. The Morgan fingerprint density at radius 1 is 1.46 bits per heavy atom. The van der Waals surface area contributed by atoms with Gasteiger partial charge in [-0.05, 0) is 18.8 Å². The minimum atomic E-state index is -0.0843. The summed E-state index contributed by atoms with van der Waals surface area (Å²) in [5.74, 6) is 0.453. The van der Waals surface area contributed by atoms with Gasteiger partial charge in [0.05, 0.1) is 12.1 Å². The van der Waals surface area contributed by atoms with Crippen LogP contribution in [0.15, 0.2) is 0 Å². The maximum Gasteiger partial charge on any atom is 0.0952 e. The third-order valence-corrected chi connectivity index (χ3v) is 2.22. The third kappa shape index (κ3) is 4.87. The van der Waals surface area contributed by atoms with Crippen molar-refractivity contribution in [2.24, 2.45) is 5.92 Å². The molecular weight excluding hydrogens is 164 g/mol. The Bertz CT molecular complexity index is 163. The number of nitrogens with zero attached hydrogens (tertiary/aromatic N) is 1.